The molecule has 0 bridgehead atoms. The van der Waals surface area contributed by atoms with E-state index in [4.69, 9.17) is 140 Å². The maximum Gasteiger partial charge on any atom is 0.407 e. The molecule has 33 heteroatoms. The number of amides is 1. The van der Waals surface area contributed by atoms with Gasteiger partial charge in [-0.15, -0.1) is 0 Å². The van der Waals surface area contributed by atoms with Crippen molar-refractivity contribution in [2.45, 2.75) is 266 Å². The standard InChI is InChI=1S/C96H117Cl3N4O26/c1-11-53(4)71-56(7)76(118-84(105)61-37-23-15-24-38-61)92(121-71)128-80-70(102-95(108)113-52-96(97,98)99)91(117-69-51-112-90(127-79(69)80)65-45-31-19-32-46-65)114-66(13-3)74-57(8)77(119-85(106)62-39-25-16-26-40-62)93(124-74)123-73-55(6)67(49-110-83(104)60-35-21-14-22-36-60)115-88(58(73)9)129-81-72(54(5)12-2)122-94(82(81)120-86(107)63-41-27-17-28-42-63)125-75-59(10)87(109-48-34-20-33-47-101-103-100)116-68-50-111-89(126-78(68)75)64-43-29-18-30-44-64/h14-19,21-32,35-46,53-59,66-82,87-94H,11-13,20,33-34,47-52H2,1-10H3,(H,102,108)/t53-,54-,55?,56?,57?,58?,59?,66-,67?,68?,69?,70?,71?,72?,73?,74?,75?,76?,77?,78?,79?,80?,81?,82?,87?,88?,89?,90?,91?,92?,93?,94?/m1/s1. The number of halogens is 3. The molecular weight excluding hydrogens is 1730 g/mol. The van der Waals surface area contributed by atoms with Crippen molar-refractivity contribution in [1.29, 1.82) is 0 Å². The van der Waals surface area contributed by atoms with Crippen LogP contribution in [0.15, 0.2) is 187 Å². The van der Waals surface area contributed by atoms with Crippen LogP contribution in [0.3, 0.4) is 0 Å². The monoisotopic (exact) mass is 1850 g/mol. The van der Waals surface area contributed by atoms with Crippen LogP contribution in [0, 0.1) is 41.4 Å². The zero-order valence-electron chi connectivity index (χ0n) is 73.9. The predicted molar refractivity (Wildman–Crippen MR) is 467 cm³/mol. The lowest BCUT2D eigenvalue weighted by Gasteiger charge is -2.50. The molecule has 14 rings (SSSR count). The van der Waals surface area contributed by atoms with Crippen molar-refractivity contribution in [2.75, 3.05) is 39.6 Å². The van der Waals surface area contributed by atoms with Crippen LogP contribution in [-0.2, 0) is 99.5 Å². The summed E-state index contributed by atoms with van der Waals surface area (Å²) in [4.78, 5) is 75.8. The summed E-state index contributed by atoms with van der Waals surface area (Å²) in [5.74, 6) is -6.36. The summed E-state index contributed by atoms with van der Waals surface area (Å²) >= 11 is 18.7. The number of alkyl halides is 3. The zero-order valence-corrected chi connectivity index (χ0v) is 76.1. The summed E-state index contributed by atoms with van der Waals surface area (Å²) in [5, 5.41) is 6.63. The van der Waals surface area contributed by atoms with Crippen molar-refractivity contribution in [3.05, 3.63) is 226 Å². The third-order valence-corrected chi connectivity index (χ3v) is 25.9. The number of esters is 4. The predicted octanol–water partition coefficient (Wildman–Crippen LogP) is 16.7. The number of fused-ring (bicyclic) bond motifs is 2. The highest BCUT2D eigenvalue weighted by Gasteiger charge is 2.62. The summed E-state index contributed by atoms with van der Waals surface area (Å²) in [5.41, 5.74) is 11.4. The van der Waals surface area contributed by atoms with E-state index in [0.29, 0.717) is 50.0 Å². The van der Waals surface area contributed by atoms with Crippen molar-refractivity contribution < 1.29 is 123 Å². The number of nitrogens with one attached hydrogen (secondary N) is 1. The molecule has 6 aromatic carbocycles. The number of nitrogens with zero attached hydrogens (tertiary/aromatic N) is 3. The smallest absolute Gasteiger partial charge is 0.407 e. The quantitative estimate of drug-likeness (QED) is 0.00726. The van der Waals surface area contributed by atoms with Crippen molar-refractivity contribution in [1.82, 2.24) is 5.32 Å². The fourth-order valence-corrected chi connectivity index (χ4v) is 18.2. The van der Waals surface area contributed by atoms with Gasteiger partial charge in [-0.25, -0.2) is 24.0 Å². The molecule has 0 aromatic heterocycles. The molecule has 0 radical (unpaired) electrons. The number of unbranched alkanes of at least 4 members (excludes halogenated alkanes) is 2. The van der Waals surface area contributed by atoms with E-state index in [1.165, 1.54) is 0 Å². The molecule has 30 nitrogen and oxygen atoms in total. The molecule has 8 saturated heterocycles. The van der Waals surface area contributed by atoms with E-state index in [1.807, 2.05) is 130 Å². The maximum absolute atomic E-state index is 15.0. The van der Waals surface area contributed by atoms with Gasteiger partial charge in [0.25, 0.3) is 0 Å². The molecule has 8 fully saturated rings. The second-order valence-corrected chi connectivity index (χ2v) is 36.9. The average Bonchev–Trinajstić information content (AvgIpc) is 1.71. The van der Waals surface area contributed by atoms with Gasteiger partial charge < -0.3 is 105 Å². The van der Waals surface area contributed by atoms with E-state index in [-0.39, 0.29) is 54.8 Å². The third-order valence-electron chi connectivity index (χ3n) is 25.6. The van der Waals surface area contributed by atoms with Crippen LogP contribution in [-0.4, -0.2) is 215 Å². The van der Waals surface area contributed by atoms with Gasteiger partial charge in [0, 0.05) is 58.8 Å². The van der Waals surface area contributed by atoms with Gasteiger partial charge in [0.05, 0.1) is 78.2 Å². The number of alkyl carbamates (subject to hydrolysis) is 1. The molecule has 0 spiro atoms. The number of carbonyl (C=O) groups excluding carboxylic acids is 5. The molecule has 1 N–H and O–H groups in total. The van der Waals surface area contributed by atoms with Crippen molar-refractivity contribution in [3.8, 4) is 0 Å². The Bertz CT molecular complexity index is 4600. The minimum absolute atomic E-state index is 0.0595. The van der Waals surface area contributed by atoms with Gasteiger partial charge in [-0.1, -0.05) is 262 Å². The maximum atomic E-state index is 15.0. The Morgan fingerprint density at radius 3 is 1.41 bits per heavy atom. The first kappa shape index (κ1) is 97.0. The lowest BCUT2D eigenvalue weighted by atomic mass is 9.85. The summed E-state index contributed by atoms with van der Waals surface area (Å²) in [6.45, 7) is 19.0. The van der Waals surface area contributed by atoms with Crippen LogP contribution in [0.5, 0.6) is 0 Å². The number of benzene rings is 6. The molecule has 6 aromatic rings. The molecule has 8 aliphatic heterocycles. The topological polar surface area (TPSA) is 340 Å². The van der Waals surface area contributed by atoms with Crippen LogP contribution in [0.2, 0.25) is 0 Å². The number of hydrogen-bond acceptors (Lipinski definition) is 27. The first-order valence-electron chi connectivity index (χ1n) is 44.9. The number of carbonyl (C=O) groups is 5. The van der Waals surface area contributed by atoms with E-state index < -0.39 is 224 Å². The molecular formula is C96H117Cl3N4O26. The van der Waals surface area contributed by atoms with Gasteiger partial charge in [0.2, 0.25) is 3.79 Å². The van der Waals surface area contributed by atoms with Crippen molar-refractivity contribution in [2.24, 2.45) is 46.5 Å². The van der Waals surface area contributed by atoms with Gasteiger partial charge in [-0.2, -0.15) is 0 Å². The first-order valence-corrected chi connectivity index (χ1v) is 46.0. The molecule has 0 saturated carbocycles. The van der Waals surface area contributed by atoms with E-state index in [2.05, 4.69) is 15.3 Å². The molecule has 29 unspecified atom stereocenters. The average molecular weight is 1850 g/mol. The minimum Gasteiger partial charge on any atom is -0.459 e. The lowest BCUT2D eigenvalue weighted by Crippen LogP contribution is -2.69. The van der Waals surface area contributed by atoms with Gasteiger partial charge in [-0.05, 0) is 85.2 Å². The Hall–Kier alpha value is -7.99. The van der Waals surface area contributed by atoms with Gasteiger partial charge in [0.15, 0.2) is 68.6 Å². The number of ether oxygens (including phenoxy) is 21. The van der Waals surface area contributed by atoms with Gasteiger partial charge in [0.1, 0.15) is 55.9 Å². The highest BCUT2D eigenvalue weighted by molar-refractivity contribution is 6.67. The SMILES string of the molecule is CC[C@@H](C)C1OC(OC2C(NC(=O)OCC(Cl)(Cl)Cl)C(O[C@H](CC)C3OC(OC4C(C)C(COC(=O)c5ccccc5)OC(OC5C(OC(=O)c6ccccc6)C(OC6C(C)C(OCCCCCN=[N+]=[N-])OC7COC(c8ccccc8)OC76)OC5[C@H](C)CC)C4C)C(OC(=O)c4ccccc4)C3C)OC3COC(c4ccccc4)OC32)C(OC(=O)c2ccccc2)C1C. The Kier molecular flexibility index (Phi) is 34.3. The fraction of sp³-hybridized carbons (Fsp3) is 0.573. The Balaban J connectivity index is 0.803. The molecule has 8 aliphatic rings. The molecule has 0 aliphatic carbocycles. The molecule has 32 atom stereocenters. The van der Waals surface area contributed by atoms with Crippen LogP contribution >= 0.6 is 34.8 Å². The number of hydrogen-bond donors (Lipinski definition) is 1. The van der Waals surface area contributed by atoms with E-state index in [1.54, 1.807) is 121 Å². The highest BCUT2D eigenvalue weighted by atomic mass is 35.6. The van der Waals surface area contributed by atoms with Gasteiger partial charge >= 0.3 is 30.0 Å². The normalized spacial score (nSPS) is 33.9. The third kappa shape index (κ3) is 24.0. The first-order chi connectivity index (χ1) is 62.4. The largest absolute Gasteiger partial charge is 0.459 e. The van der Waals surface area contributed by atoms with Gasteiger partial charge in [-0.3, -0.25) is 0 Å². The van der Waals surface area contributed by atoms with Crippen LogP contribution in [0.25, 0.3) is 10.4 Å². The Morgan fingerprint density at radius 1 is 0.450 bits per heavy atom. The second kappa shape index (κ2) is 45.6. The summed E-state index contributed by atoms with van der Waals surface area (Å²) < 4.78 is 142. The number of rotatable bonds is 36. The Morgan fingerprint density at radius 2 is 0.891 bits per heavy atom. The van der Waals surface area contributed by atoms with Crippen LogP contribution in [0.4, 0.5) is 4.79 Å². The van der Waals surface area contributed by atoms with E-state index in [0.717, 1.165) is 12.0 Å². The minimum atomic E-state index is -2.06. The Labute approximate surface area is 766 Å². The van der Waals surface area contributed by atoms with Crippen LogP contribution < -0.4 is 5.32 Å². The fourth-order valence-electron chi connectivity index (χ4n) is 18.0. The van der Waals surface area contributed by atoms with E-state index in [9.17, 15) is 24.0 Å². The summed E-state index contributed by atoms with van der Waals surface area (Å²) in [6.07, 6.45) is -23.3. The molecule has 8 heterocycles. The van der Waals surface area contributed by atoms with E-state index >= 15 is 0 Å². The zero-order chi connectivity index (χ0) is 91.0. The summed E-state index contributed by atoms with van der Waals surface area (Å²) in [6, 6.07) is 51.4. The second-order valence-electron chi connectivity index (χ2n) is 34.4. The van der Waals surface area contributed by atoms with Crippen LogP contribution in [0.1, 0.15) is 173 Å². The molecule has 1 amide bonds. The molecule has 698 valence electrons. The molecule has 129 heavy (non-hydrogen) atoms. The number of azide groups is 1. The summed E-state index contributed by atoms with van der Waals surface area (Å²) in [7, 11) is 0. The highest BCUT2D eigenvalue weighted by Crippen LogP contribution is 2.48. The van der Waals surface area contributed by atoms with Crippen molar-refractivity contribution in [3.63, 3.8) is 0 Å². The lowest BCUT2D eigenvalue weighted by molar-refractivity contribution is -0.370. The van der Waals surface area contributed by atoms with Crippen molar-refractivity contribution >= 4 is 64.8 Å².